The summed E-state index contributed by atoms with van der Waals surface area (Å²) in [6.07, 6.45) is 9.84. The lowest BCUT2D eigenvalue weighted by atomic mass is 10.2. The summed E-state index contributed by atoms with van der Waals surface area (Å²) in [7, 11) is 0. The van der Waals surface area contributed by atoms with Gasteiger partial charge >= 0.3 is 0 Å². The lowest BCUT2D eigenvalue weighted by Gasteiger charge is -2.11. The highest BCUT2D eigenvalue weighted by Gasteiger charge is 2.03. The molecule has 1 aromatic rings. The zero-order valence-electron chi connectivity index (χ0n) is 14.2. The number of rotatable bonds is 13. The van der Waals surface area contributed by atoms with Crippen molar-refractivity contribution in [2.45, 2.75) is 70.5 Å². The summed E-state index contributed by atoms with van der Waals surface area (Å²) in [5.41, 5.74) is 1.20. The minimum absolute atomic E-state index is 0.793. The van der Waals surface area contributed by atoms with Crippen molar-refractivity contribution in [1.29, 1.82) is 0 Å². The second-order valence-electron chi connectivity index (χ2n) is 5.76. The molecular weight excluding hydrogens is 340 g/mol. The summed E-state index contributed by atoms with van der Waals surface area (Å²) in [4.78, 5) is 0. The molecule has 0 aliphatic rings. The molecule has 0 bridgehead atoms. The first-order valence-electron chi connectivity index (χ1n) is 8.75. The third-order valence-corrected chi connectivity index (χ3v) is 4.27. The molecule has 126 valence electrons. The lowest BCUT2D eigenvalue weighted by molar-refractivity contribution is 0.290. The SMILES string of the molecule is CCCCCCOc1cc(CBr)cc(OCCCCCC)c1. The van der Waals surface area contributed by atoms with Gasteiger partial charge < -0.3 is 9.47 Å². The third-order valence-electron chi connectivity index (χ3n) is 3.63. The highest BCUT2D eigenvalue weighted by molar-refractivity contribution is 9.08. The third kappa shape index (κ3) is 8.67. The first-order valence-corrected chi connectivity index (χ1v) is 9.87. The molecule has 0 N–H and O–H groups in total. The lowest BCUT2D eigenvalue weighted by Crippen LogP contribution is -2.01. The number of ether oxygens (including phenoxy) is 2. The minimum atomic E-state index is 0.793. The van der Waals surface area contributed by atoms with Crippen LogP contribution in [0.3, 0.4) is 0 Å². The van der Waals surface area contributed by atoms with E-state index in [0.29, 0.717) is 0 Å². The highest BCUT2D eigenvalue weighted by Crippen LogP contribution is 2.25. The average Bonchev–Trinajstić information content (AvgIpc) is 2.54. The molecule has 0 fully saturated rings. The minimum Gasteiger partial charge on any atom is -0.493 e. The van der Waals surface area contributed by atoms with Crippen LogP contribution >= 0.6 is 15.9 Å². The molecule has 1 rings (SSSR count). The second kappa shape index (κ2) is 12.8. The Bertz CT molecular complexity index is 361. The molecule has 0 spiro atoms. The van der Waals surface area contributed by atoms with Crippen molar-refractivity contribution in [2.75, 3.05) is 13.2 Å². The zero-order chi connectivity index (χ0) is 16.0. The molecule has 2 nitrogen and oxygen atoms in total. The van der Waals surface area contributed by atoms with Crippen molar-refractivity contribution < 1.29 is 9.47 Å². The van der Waals surface area contributed by atoms with Crippen molar-refractivity contribution >= 4 is 15.9 Å². The van der Waals surface area contributed by atoms with Crippen LogP contribution in [0.5, 0.6) is 11.5 Å². The van der Waals surface area contributed by atoms with Crippen LogP contribution in [-0.2, 0) is 5.33 Å². The van der Waals surface area contributed by atoms with Gasteiger partial charge in [-0.3, -0.25) is 0 Å². The van der Waals surface area contributed by atoms with Crippen LogP contribution in [0.25, 0.3) is 0 Å². The number of unbranched alkanes of at least 4 members (excludes halogenated alkanes) is 6. The Morgan fingerprint density at radius 1 is 0.727 bits per heavy atom. The van der Waals surface area contributed by atoms with Gasteiger partial charge in [-0.1, -0.05) is 68.3 Å². The molecule has 0 radical (unpaired) electrons. The van der Waals surface area contributed by atoms with Crippen molar-refractivity contribution in [3.8, 4) is 11.5 Å². The van der Waals surface area contributed by atoms with Gasteiger partial charge in [-0.05, 0) is 30.5 Å². The number of benzene rings is 1. The fourth-order valence-electron chi connectivity index (χ4n) is 2.31. The molecule has 0 heterocycles. The molecule has 0 aliphatic heterocycles. The maximum Gasteiger partial charge on any atom is 0.123 e. The van der Waals surface area contributed by atoms with Crippen molar-refractivity contribution in [1.82, 2.24) is 0 Å². The molecule has 1 aromatic carbocycles. The monoisotopic (exact) mass is 370 g/mol. The number of hydrogen-bond acceptors (Lipinski definition) is 2. The summed E-state index contributed by atoms with van der Waals surface area (Å²) < 4.78 is 11.8. The predicted molar refractivity (Wildman–Crippen MR) is 98.3 cm³/mol. The van der Waals surface area contributed by atoms with Gasteiger partial charge in [-0.15, -0.1) is 0 Å². The standard InChI is InChI=1S/C19H31BrO2/c1-3-5-7-9-11-21-18-13-17(16-20)14-19(15-18)22-12-10-8-6-4-2/h13-15H,3-12,16H2,1-2H3. The largest absolute Gasteiger partial charge is 0.493 e. The van der Waals surface area contributed by atoms with Gasteiger partial charge in [-0.2, -0.15) is 0 Å². The normalized spacial score (nSPS) is 10.7. The molecule has 3 heteroatoms. The van der Waals surface area contributed by atoms with Crippen molar-refractivity contribution in [3.63, 3.8) is 0 Å². The van der Waals surface area contributed by atoms with Gasteiger partial charge in [-0.25, -0.2) is 0 Å². The Morgan fingerprint density at radius 2 is 1.23 bits per heavy atom. The fraction of sp³-hybridized carbons (Fsp3) is 0.684. The fourth-order valence-corrected chi connectivity index (χ4v) is 2.64. The molecule has 0 atom stereocenters. The van der Waals surface area contributed by atoms with E-state index in [-0.39, 0.29) is 0 Å². The van der Waals surface area contributed by atoms with E-state index >= 15 is 0 Å². The summed E-state index contributed by atoms with van der Waals surface area (Å²) >= 11 is 3.52. The Hall–Kier alpha value is -0.700. The summed E-state index contributed by atoms with van der Waals surface area (Å²) in [5.74, 6) is 1.86. The van der Waals surface area contributed by atoms with Crippen LogP contribution < -0.4 is 9.47 Å². The van der Waals surface area contributed by atoms with E-state index in [0.717, 1.165) is 42.9 Å². The summed E-state index contributed by atoms with van der Waals surface area (Å²) in [5, 5.41) is 0.826. The number of halogens is 1. The molecule has 0 saturated heterocycles. The highest BCUT2D eigenvalue weighted by atomic mass is 79.9. The molecular formula is C19H31BrO2. The first-order chi connectivity index (χ1) is 10.8. The Kier molecular flexibility index (Phi) is 11.3. The second-order valence-corrected chi connectivity index (χ2v) is 6.33. The maximum atomic E-state index is 5.88. The van der Waals surface area contributed by atoms with Gasteiger partial charge in [0.05, 0.1) is 13.2 Å². The molecule has 0 aromatic heterocycles. The number of alkyl halides is 1. The van der Waals surface area contributed by atoms with Crippen LogP contribution in [0.4, 0.5) is 0 Å². The van der Waals surface area contributed by atoms with Crippen molar-refractivity contribution in [3.05, 3.63) is 23.8 Å². The van der Waals surface area contributed by atoms with E-state index in [1.165, 1.54) is 44.1 Å². The zero-order valence-corrected chi connectivity index (χ0v) is 15.8. The van der Waals surface area contributed by atoms with Gasteiger partial charge in [0.2, 0.25) is 0 Å². The van der Waals surface area contributed by atoms with Crippen LogP contribution in [0, 0.1) is 0 Å². The Balaban J connectivity index is 2.42. The predicted octanol–water partition coefficient (Wildman–Crippen LogP) is 6.50. The maximum absolute atomic E-state index is 5.88. The Morgan fingerprint density at radius 3 is 1.64 bits per heavy atom. The van der Waals surface area contributed by atoms with E-state index in [1.807, 2.05) is 6.07 Å². The van der Waals surface area contributed by atoms with Crippen LogP contribution in [0.2, 0.25) is 0 Å². The molecule has 0 aliphatic carbocycles. The van der Waals surface area contributed by atoms with Gasteiger partial charge in [0.15, 0.2) is 0 Å². The summed E-state index contributed by atoms with van der Waals surface area (Å²) in [6, 6.07) is 6.21. The van der Waals surface area contributed by atoms with E-state index in [4.69, 9.17) is 9.47 Å². The van der Waals surface area contributed by atoms with E-state index in [2.05, 4.69) is 41.9 Å². The van der Waals surface area contributed by atoms with Gasteiger partial charge in [0.1, 0.15) is 11.5 Å². The van der Waals surface area contributed by atoms with Crippen LogP contribution in [-0.4, -0.2) is 13.2 Å². The number of hydrogen-bond donors (Lipinski definition) is 0. The van der Waals surface area contributed by atoms with E-state index in [1.54, 1.807) is 0 Å². The molecule has 22 heavy (non-hydrogen) atoms. The molecule has 0 saturated carbocycles. The molecule has 0 amide bonds. The topological polar surface area (TPSA) is 18.5 Å². The van der Waals surface area contributed by atoms with Crippen LogP contribution in [0.1, 0.15) is 70.8 Å². The quantitative estimate of drug-likeness (QED) is 0.291. The first kappa shape index (κ1) is 19.3. The smallest absolute Gasteiger partial charge is 0.123 e. The average molecular weight is 371 g/mol. The molecule has 0 unspecified atom stereocenters. The Labute approximate surface area is 144 Å². The van der Waals surface area contributed by atoms with Crippen LogP contribution in [0.15, 0.2) is 18.2 Å². The van der Waals surface area contributed by atoms with E-state index in [9.17, 15) is 0 Å². The van der Waals surface area contributed by atoms with E-state index < -0.39 is 0 Å². The van der Waals surface area contributed by atoms with Crippen molar-refractivity contribution in [2.24, 2.45) is 0 Å². The summed E-state index contributed by atoms with van der Waals surface area (Å²) in [6.45, 7) is 6.04. The van der Waals surface area contributed by atoms with Gasteiger partial charge in [0.25, 0.3) is 0 Å². The van der Waals surface area contributed by atoms with Gasteiger partial charge in [0, 0.05) is 11.4 Å².